The van der Waals surface area contributed by atoms with Crippen molar-refractivity contribution in [3.63, 3.8) is 0 Å². The fourth-order valence-corrected chi connectivity index (χ4v) is 2.50. The van der Waals surface area contributed by atoms with Crippen LogP contribution in [0.3, 0.4) is 0 Å². The molecule has 0 fully saturated rings. The molecule has 2 nitrogen and oxygen atoms in total. The molecule has 0 heterocycles. The summed E-state index contributed by atoms with van der Waals surface area (Å²) in [5.74, 6) is 0. The molecule has 0 radical (unpaired) electrons. The van der Waals surface area contributed by atoms with Crippen molar-refractivity contribution in [1.29, 1.82) is 0 Å². The van der Waals surface area contributed by atoms with Crippen LogP contribution in [0.1, 0.15) is 17.5 Å². The monoisotopic (exact) mass is 252 g/mol. The van der Waals surface area contributed by atoms with Crippen molar-refractivity contribution in [2.75, 3.05) is 6.67 Å². The fourth-order valence-electron chi connectivity index (χ4n) is 1.89. The molecular formula is C11H13BrN2. The summed E-state index contributed by atoms with van der Waals surface area (Å²) in [7, 11) is 0. The van der Waals surface area contributed by atoms with Crippen LogP contribution in [0.15, 0.2) is 27.7 Å². The summed E-state index contributed by atoms with van der Waals surface area (Å²) in [6.45, 7) is 0.415. The first kappa shape index (κ1) is 9.87. The zero-order valence-corrected chi connectivity index (χ0v) is 9.55. The van der Waals surface area contributed by atoms with Crippen LogP contribution in [-0.2, 0) is 12.8 Å². The maximum absolute atomic E-state index is 5.41. The number of hydrogen-bond acceptors (Lipinski definition) is 2. The third kappa shape index (κ3) is 1.88. The number of aliphatic imine (C=N–C) groups is 1. The highest BCUT2D eigenvalue weighted by atomic mass is 79.9. The van der Waals surface area contributed by atoms with Crippen molar-refractivity contribution in [3.05, 3.63) is 33.8 Å². The molecule has 2 rings (SSSR count). The van der Waals surface area contributed by atoms with Gasteiger partial charge in [-0.2, -0.15) is 0 Å². The molecule has 3 heteroatoms. The molecule has 1 aliphatic rings. The Balaban J connectivity index is 2.31. The Hall–Kier alpha value is -0.670. The molecule has 0 aliphatic heterocycles. The summed E-state index contributed by atoms with van der Waals surface area (Å²) in [6.07, 6.45) is 3.09. The van der Waals surface area contributed by atoms with Crippen LogP contribution in [0, 0.1) is 0 Å². The first-order valence-corrected chi connectivity index (χ1v) is 5.59. The van der Waals surface area contributed by atoms with Gasteiger partial charge in [-0.25, -0.2) is 0 Å². The Morgan fingerprint density at radius 1 is 1.36 bits per heavy atom. The smallest absolute Gasteiger partial charge is 0.0858 e. The van der Waals surface area contributed by atoms with E-state index in [-0.39, 0.29) is 0 Å². The van der Waals surface area contributed by atoms with Gasteiger partial charge < -0.3 is 5.73 Å². The minimum absolute atomic E-state index is 0.415. The fraction of sp³-hybridized carbons (Fsp3) is 0.364. The largest absolute Gasteiger partial charge is 0.312 e. The van der Waals surface area contributed by atoms with Crippen molar-refractivity contribution in [3.8, 4) is 0 Å². The molecule has 0 bridgehead atoms. The van der Waals surface area contributed by atoms with Crippen LogP contribution in [0.2, 0.25) is 0 Å². The van der Waals surface area contributed by atoms with Gasteiger partial charge in [-0.15, -0.1) is 0 Å². The molecule has 0 saturated heterocycles. The second-order valence-corrected chi connectivity index (χ2v) is 4.32. The number of rotatable bonds is 1. The van der Waals surface area contributed by atoms with E-state index < -0.39 is 0 Å². The molecular weight excluding hydrogens is 240 g/mol. The predicted molar refractivity (Wildman–Crippen MR) is 62.7 cm³/mol. The third-order valence-corrected chi connectivity index (χ3v) is 3.33. The second kappa shape index (κ2) is 4.24. The lowest BCUT2D eigenvalue weighted by atomic mass is 9.90. The van der Waals surface area contributed by atoms with E-state index in [0.717, 1.165) is 19.3 Å². The van der Waals surface area contributed by atoms with Gasteiger partial charge in [0.2, 0.25) is 0 Å². The summed E-state index contributed by atoms with van der Waals surface area (Å²) in [5.41, 5.74) is 9.47. The van der Waals surface area contributed by atoms with E-state index in [2.05, 4.69) is 39.1 Å². The van der Waals surface area contributed by atoms with Crippen molar-refractivity contribution >= 4 is 21.6 Å². The van der Waals surface area contributed by atoms with E-state index >= 15 is 0 Å². The van der Waals surface area contributed by atoms with Gasteiger partial charge in [0.05, 0.1) is 6.67 Å². The molecule has 0 atom stereocenters. The molecule has 0 saturated carbocycles. The molecule has 1 aromatic carbocycles. The average Bonchev–Trinajstić information content (AvgIpc) is 2.18. The molecule has 74 valence electrons. The van der Waals surface area contributed by atoms with Crippen molar-refractivity contribution in [1.82, 2.24) is 0 Å². The highest BCUT2D eigenvalue weighted by Crippen LogP contribution is 2.26. The zero-order chi connectivity index (χ0) is 9.97. The zero-order valence-electron chi connectivity index (χ0n) is 7.96. The van der Waals surface area contributed by atoms with Crippen LogP contribution < -0.4 is 5.73 Å². The van der Waals surface area contributed by atoms with Crippen LogP contribution >= 0.6 is 15.9 Å². The van der Waals surface area contributed by atoms with E-state index in [9.17, 15) is 0 Å². The maximum Gasteiger partial charge on any atom is 0.0858 e. The third-order valence-electron chi connectivity index (χ3n) is 2.59. The van der Waals surface area contributed by atoms with E-state index in [1.165, 1.54) is 21.3 Å². The number of nitrogens with two attached hydrogens (primary N) is 1. The Bertz CT molecular complexity index is 372. The molecule has 2 N–H and O–H groups in total. The lowest BCUT2D eigenvalue weighted by molar-refractivity contribution is 0.917. The van der Waals surface area contributed by atoms with E-state index in [1.54, 1.807) is 0 Å². The molecule has 0 spiro atoms. The molecule has 1 aliphatic carbocycles. The average molecular weight is 253 g/mol. The summed E-state index contributed by atoms with van der Waals surface area (Å²) in [4.78, 5) is 4.29. The lowest BCUT2D eigenvalue weighted by Crippen LogP contribution is -2.15. The lowest BCUT2D eigenvalue weighted by Gasteiger charge is -2.18. The number of fused-ring (bicyclic) bond motifs is 1. The predicted octanol–water partition coefficient (Wildman–Crippen LogP) is 2.30. The number of benzene rings is 1. The minimum atomic E-state index is 0.415. The van der Waals surface area contributed by atoms with Gasteiger partial charge in [-0.1, -0.05) is 28.1 Å². The number of halogens is 1. The van der Waals surface area contributed by atoms with Gasteiger partial charge in [0.15, 0.2) is 0 Å². The number of hydrogen-bond donors (Lipinski definition) is 1. The van der Waals surface area contributed by atoms with Crippen molar-refractivity contribution < 1.29 is 0 Å². The normalized spacial score (nSPS) is 18.3. The van der Waals surface area contributed by atoms with Gasteiger partial charge in [0.1, 0.15) is 0 Å². The molecule has 0 amide bonds. The van der Waals surface area contributed by atoms with Crippen LogP contribution in [0.4, 0.5) is 0 Å². The SMILES string of the molecule is NC/N=C1/CCc2c(Br)cccc2C1. The molecule has 0 aromatic heterocycles. The Labute approximate surface area is 92.4 Å². The van der Waals surface area contributed by atoms with E-state index in [1.807, 2.05) is 0 Å². The van der Waals surface area contributed by atoms with Crippen molar-refractivity contribution in [2.45, 2.75) is 19.3 Å². The summed E-state index contributed by atoms with van der Waals surface area (Å²) >= 11 is 3.58. The van der Waals surface area contributed by atoms with Crippen LogP contribution in [0.5, 0.6) is 0 Å². The minimum Gasteiger partial charge on any atom is -0.312 e. The first-order chi connectivity index (χ1) is 6.81. The van der Waals surface area contributed by atoms with E-state index in [4.69, 9.17) is 5.73 Å². The standard InChI is InChI=1S/C11H13BrN2/c12-11-3-1-2-8-6-9(14-7-13)4-5-10(8)11/h1-3H,4-7,13H2/b14-9-. The highest BCUT2D eigenvalue weighted by molar-refractivity contribution is 9.10. The Morgan fingerprint density at radius 3 is 3.00 bits per heavy atom. The van der Waals surface area contributed by atoms with Crippen LogP contribution in [0.25, 0.3) is 0 Å². The second-order valence-electron chi connectivity index (χ2n) is 3.46. The molecule has 14 heavy (non-hydrogen) atoms. The summed E-state index contributed by atoms with van der Waals surface area (Å²) < 4.78 is 1.22. The quantitative estimate of drug-likeness (QED) is 0.819. The molecule has 1 aromatic rings. The Kier molecular flexibility index (Phi) is 2.99. The van der Waals surface area contributed by atoms with Crippen LogP contribution in [-0.4, -0.2) is 12.4 Å². The van der Waals surface area contributed by atoms with E-state index in [0.29, 0.717) is 6.67 Å². The van der Waals surface area contributed by atoms with Gasteiger partial charge in [0, 0.05) is 16.6 Å². The van der Waals surface area contributed by atoms with Crippen molar-refractivity contribution in [2.24, 2.45) is 10.7 Å². The van der Waals surface area contributed by atoms with Gasteiger partial charge in [-0.3, -0.25) is 4.99 Å². The first-order valence-electron chi connectivity index (χ1n) is 4.80. The highest BCUT2D eigenvalue weighted by Gasteiger charge is 2.15. The summed E-state index contributed by atoms with van der Waals surface area (Å²) in [6, 6.07) is 6.35. The molecule has 0 unspecified atom stereocenters. The van der Waals surface area contributed by atoms with Gasteiger partial charge in [0.25, 0.3) is 0 Å². The van der Waals surface area contributed by atoms with Gasteiger partial charge in [-0.05, 0) is 30.0 Å². The summed E-state index contributed by atoms with van der Waals surface area (Å²) in [5, 5.41) is 0. The van der Waals surface area contributed by atoms with Gasteiger partial charge >= 0.3 is 0 Å². The topological polar surface area (TPSA) is 38.4 Å². The maximum atomic E-state index is 5.41. The number of nitrogens with zero attached hydrogens (tertiary/aromatic N) is 1. The Morgan fingerprint density at radius 2 is 2.21 bits per heavy atom.